The zero-order valence-corrected chi connectivity index (χ0v) is 9.90. The molecule has 1 aliphatic heterocycles. The van der Waals surface area contributed by atoms with Gasteiger partial charge in [-0.15, -0.1) is 0 Å². The van der Waals surface area contributed by atoms with Gasteiger partial charge in [0.25, 0.3) is 0 Å². The van der Waals surface area contributed by atoms with Gasteiger partial charge in [-0.25, -0.2) is 0 Å². The fourth-order valence-corrected chi connectivity index (χ4v) is 1.77. The van der Waals surface area contributed by atoms with Crippen molar-refractivity contribution in [1.82, 2.24) is 0 Å². The van der Waals surface area contributed by atoms with Crippen LogP contribution in [0.5, 0.6) is 11.5 Å². The summed E-state index contributed by atoms with van der Waals surface area (Å²) in [5, 5.41) is 0. The third-order valence-electron chi connectivity index (χ3n) is 3.09. The Balaban J connectivity index is 2.27. The Morgan fingerprint density at radius 2 is 1.81 bits per heavy atom. The van der Waals surface area contributed by atoms with Gasteiger partial charge in [0.2, 0.25) is 0 Å². The molecule has 2 N–H and O–H groups in total. The fraction of sp³-hybridized carbons (Fsp3) is 0.538. The summed E-state index contributed by atoms with van der Waals surface area (Å²) in [4.78, 5) is 0. The van der Waals surface area contributed by atoms with Gasteiger partial charge in [0.15, 0.2) is 11.5 Å². The molecule has 88 valence electrons. The van der Waals surface area contributed by atoms with Crippen molar-refractivity contribution >= 4 is 0 Å². The molecule has 0 amide bonds. The standard InChI is InChI=1S/C13H19NO2/c1-9(10(2)14)11-4-5-12-13(8-11)16-7-3-6-15-12/h4-5,8-10H,3,6-7,14H2,1-2H3. The Morgan fingerprint density at radius 1 is 1.12 bits per heavy atom. The SMILES string of the molecule is CC(N)C(C)c1ccc2c(c1)OCCCO2. The van der Waals surface area contributed by atoms with E-state index in [4.69, 9.17) is 15.2 Å². The molecule has 0 aromatic heterocycles. The van der Waals surface area contributed by atoms with Crippen LogP contribution in [0.3, 0.4) is 0 Å². The zero-order valence-electron chi connectivity index (χ0n) is 9.90. The lowest BCUT2D eigenvalue weighted by Crippen LogP contribution is -2.22. The maximum Gasteiger partial charge on any atom is 0.161 e. The van der Waals surface area contributed by atoms with Gasteiger partial charge < -0.3 is 15.2 Å². The number of nitrogens with two attached hydrogens (primary N) is 1. The van der Waals surface area contributed by atoms with Crippen LogP contribution in [0.15, 0.2) is 18.2 Å². The molecule has 1 aromatic rings. The average Bonchev–Trinajstić information content (AvgIpc) is 2.51. The fourth-order valence-electron chi connectivity index (χ4n) is 1.77. The lowest BCUT2D eigenvalue weighted by Gasteiger charge is -2.17. The maximum absolute atomic E-state index is 5.90. The molecule has 0 fully saturated rings. The zero-order chi connectivity index (χ0) is 11.5. The number of benzene rings is 1. The minimum atomic E-state index is 0.143. The lowest BCUT2D eigenvalue weighted by molar-refractivity contribution is 0.297. The first kappa shape index (κ1) is 11.3. The second-order valence-corrected chi connectivity index (χ2v) is 4.40. The monoisotopic (exact) mass is 221 g/mol. The topological polar surface area (TPSA) is 44.5 Å². The predicted octanol–water partition coefficient (Wildman–Crippen LogP) is 2.30. The van der Waals surface area contributed by atoms with E-state index in [1.165, 1.54) is 5.56 Å². The first-order valence-electron chi connectivity index (χ1n) is 5.83. The second kappa shape index (κ2) is 4.74. The summed E-state index contributed by atoms with van der Waals surface area (Å²) in [7, 11) is 0. The summed E-state index contributed by atoms with van der Waals surface area (Å²) in [6, 6.07) is 6.25. The maximum atomic E-state index is 5.90. The quantitative estimate of drug-likeness (QED) is 0.833. The van der Waals surface area contributed by atoms with Gasteiger partial charge in [0.05, 0.1) is 13.2 Å². The van der Waals surface area contributed by atoms with Crippen LogP contribution >= 0.6 is 0 Å². The predicted molar refractivity (Wildman–Crippen MR) is 64.1 cm³/mol. The molecule has 1 aliphatic rings. The third kappa shape index (κ3) is 2.30. The molecule has 0 saturated heterocycles. The number of hydrogen-bond donors (Lipinski definition) is 1. The molecule has 2 rings (SSSR count). The summed E-state index contributed by atoms with van der Waals surface area (Å²) >= 11 is 0. The van der Waals surface area contributed by atoms with Gasteiger partial charge in [-0.05, 0) is 30.5 Å². The normalized spacial score (nSPS) is 18.7. The molecule has 1 aromatic carbocycles. The molecule has 0 saturated carbocycles. The number of hydrogen-bond acceptors (Lipinski definition) is 3. The van der Waals surface area contributed by atoms with E-state index in [1.807, 2.05) is 13.0 Å². The van der Waals surface area contributed by atoms with E-state index in [1.54, 1.807) is 0 Å². The molecular weight excluding hydrogens is 202 g/mol. The summed E-state index contributed by atoms with van der Waals surface area (Å²) in [5.74, 6) is 2.03. The summed E-state index contributed by atoms with van der Waals surface area (Å²) in [6.45, 7) is 5.61. The average molecular weight is 221 g/mol. The summed E-state index contributed by atoms with van der Waals surface area (Å²) in [6.07, 6.45) is 0.937. The number of fused-ring (bicyclic) bond motifs is 1. The highest BCUT2D eigenvalue weighted by atomic mass is 16.5. The van der Waals surface area contributed by atoms with E-state index < -0.39 is 0 Å². The summed E-state index contributed by atoms with van der Waals surface area (Å²) < 4.78 is 11.2. The first-order valence-corrected chi connectivity index (χ1v) is 5.83. The highest BCUT2D eigenvalue weighted by Gasteiger charge is 2.15. The van der Waals surface area contributed by atoms with Crippen LogP contribution in [0.1, 0.15) is 31.7 Å². The Kier molecular flexibility index (Phi) is 3.34. The number of rotatable bonds is 2. The Hall–Kier alpha value is -1.22. The minimum absolute atomic E-state index is 0.143. The van der Waals surface area contributed by atoms with Crippen LogP contribution in [0.4, 0.5) is 0 Å². The molecule has 1 heterocycles. The van der Waals surface area contributed by atoms with E-state index in [-0.39, 0.29) is 6.04 Å². The van der Waals surface area contributed by atoms with E-state index in [2.05, 4.69) is 19.1 Å². The lowest BCUT2D eigenvalue weighted by atomic mass is 9.95. The van der Waals surface area contributed by atoms with Crippen molar-refractivity contribution in [2.24, 2.45) is 5.73 Å². The van der Waals surface area contributed by atoms with Crippen molar-refractivity contribution in [1.29, 1.82) is 0 Å². The molecule has 2 atom stereocenters. The van der Waals surface area contributed by atoms with Crippen LogP contribution < -0.4 is 15.2 Å². The van der Waals surface area contributed by atoms with Gasteiger partial charge in [-0.3, -0.25) is 0 Å². The van der Waals surface area contributed by atoms with Gasteiger partial charge in [0.1, 0.15) is 0 Å². The van der Waals surface area contributed by atoms with Gasteiger partial charge >= 0.3 is 0 Å². The van der Waals surface area contributed by atoms with E-state index >= 15 is 0 Å². The largest absolute Gasteiger partial charge is 0.490 e. The number of ether oxygens (including phenoxy) is 2. The molecular formula is C13H19NO2. The van der Waals surface area contributed by atoms with Crippen LogP contribution in [-0.4, -0.2) is 19.3 Å². The van der Waals surface area contributed by atoms with Crippen molar-refractivity contribution in [3.8, 4) is 11.5 Å². The molecule has 2 unspecified atom stereocenters. The molecule has 3 heteroatoms. The molecule has 0 bridgehead atoms. The summed E-state index contributed by atoms with van der Waals surface area (Å²) in [5.41, 5.74) is 7.11. The van der Waals surface area contributed by atoms with Crippen molar-refractivity contribution in [2.45, 2.75) is 32.2 Å². The third-order valence-corrected chi connectivity index (χ3v) is 3.09. The Morgan fingerprint density at radius 3 is 2.50 bits per heavy atom. The van der Waals surface area contributed by atoms with Crippen LogP contribution in [-0.2, 0) is 0 Å². The van der Waals surface area contributed by atoms with Crippen molar-refractivity contribution < 1.29 is 9.47 Å². The van der Waals surface area contributed by atoms with E-state index in [0.29, 0.717) is 5.92 Å². The molecule has 16 heavy (non-hydrogen) atoms. The smallest absolute Gasteiger partial charge is 0.161 e. The first-order chi connectivity index (χ1) is 7.68. The van der Waals surface area contributed by atoms with Gasteiger partial charge in [-0.1, -0.05) is 13.0 Å². The molecule has 3 nitrogen and oxygen atoms in total. The van der Waals surface area contributed by atoms with Gasteiger partial charge in [-0.2, -0.15) is 0 Å². The molecule has 0 spiro atoms. The van der Waals surface area contributed by atoms with Crippen molar-refractivity contribution in [3.05, 3.63) is 23.8 Å². The highest BCUT2D eigenvalue weighted by molar-refractivity contribution is 5.44. The van der Waals surface area contributed by atoms with E-state index in [9.17, 15) is 0 Å². The van der Waals surface area contributed by atoms with Gasteiger partial charge in [0, 0.05) is 12.5 Å². The van der Waals surface area contributed by atoms with Crippen LogP contribution in [0, 0.1) is 0 Å². The Bertz CT molecular complexity index is 363. The highest BCUT2D eigenvalue weighted by Crippen LogP contribution is 2.33. The molecule has 0 aliphatic carbocycles. The van der Waals surface area contributed by atoms with Crippen LogP contribution in [0.2, 0.25) is 0 Å². The minimum Gasteiger partial charge on any atom is -0.490 e. The van der Waals surface area contributed by atoms with Crippen molar-refractivity contribution in [3.63, 3.8) is 0 Å². The second-order valence-electron chi connectivity index (χ2n) is 4.40. The van der Waals surface area contributed by atoms with Crippen molar-refractivity contribution in [2.75, 3.05) is 13.2 Å². The van der Waals surface area contributed by atoms with Crippen LogP contribution in [0.25, 0.3) is 0 Å². The molecule has 0 radical (unpaired) electrons. The Labute approximate surface area is 96.5 Å². The van der Waals surface area contributed by atoms with E-state index in [0.717, 1.165) is 31.1 Å².